The first-order chi connectivity index (χ1) is 9.31. The molecule has 0 aliphatic carbocycles. The van der Waals surface area contributed by atoms with Crippen LogP contribution in [0, 0.1) is 5.92 Å². The Morgan fingerprint density at radius 3 is 2.50 bits per heavy atom. The van der Waals surface area contributed by atoms with Gasteiger partial charge in [0.1, 0.15) is 0 Å². The highest BCUT2D eigenvalue weighted by molar-refractivity contribution is 7.15. The summed E-state index contributed by atoms with van der Waals surface area (Å²) in [6.45, 7) is 3.23. The summed E-state index contributed by atoms with van der Waals surface area (Å²) >= 11 is 0.573. The van der Waals surface area contributed by atoms with Crippen molar-refractivity contribution in [3.05, 3.63) is 5.01 Å². The van der Waals surface area contributed by atoms with Crippen molar-refractivity contribution in [1.82, 2.24) is 15.5 Å². The second-order valence-electron chi connectivity index (χ2n) is 4.28. The molecule has 112 valence electrons. The molecular weight excluding hydrogens is 292 g/mol. The fraction of sp³-hybridized carbons (Fsp3) is 0.600. The second-order valence-corrected chi connectivity index (χ2v) is 5.29. The van der Waals surface area contributed by atoms with Crippen molar-refractivity contribution < 1.29 is 18.4 Å². The van der Waals surface area contributed by atoms with Crippen LogP contribution in [0.3, 0.4) is 0 Å². The summed E-state index contributed by atoms with van der Waals surface area (Å²) in [5, 5.41) is 10.7. The van der Waals surface area contributed by atoms with Gasteiger partial charge in [0.2, 0.25) is 16.9 Å². The number of nitrogens with zero attached hydrogens (tertiary/aromatic N) is 2. The van der Waals surface area contributed by atoms with Crippen LogP contribution in [-0.2, 0) is 9.59 Å². The summed E-state index contributed by atoms with van der Waals surface area (Å²) in [6.07, 6.45) is -2.73. The molecule has 0 saturated heterocycles. The highest BCUT2D eigenvalue weighted by atomic mass is 32.1. The summed E-state index contributed by atoms with van der Waals surface area (Å²) in [5.41, 5.74) is 5.59. The van der Waals surface area contributed by atoms with E-state index in [0.29, 0.717) is 11.3 Å². The zero-order valence-electron chi connectivity index (χ0n) is 10.9. The maximum absolute atomic E-state index is 12.3. The lowest BCUT2D eigenvalue weighted by Crippen LogP contribution is -2.46. The number of nitrogens with one attached hydrogen (secondary N) is 2. The normalized spacial score (nSPS) is 12.6. The Bertz CT molecular complexity index is 480. The highest BCUT2D eigenvalue weighted by Gasteiger charge is 2.18. The van der Waals surface area contributed by atoms with Crippen LogP contribution in [0.15, 0.2) is 0 Å². The Balaban J connectivity index is 2.42. The summed E-state index contributed by atoms with van der Waals surface area (Å²) in [6, 6.07) is -0.713. The first kappa shape index (κ1) is 16.4. The van der Waals surface area contributed by atoms with Crippen LogP contribution in [0.4, 0.5) is 13.9 Å². The smallest absolute Gasteiger partial charge is 0.291 e. The van der Waals surface area contributed by atoms with Crippen molar-refractivity contribution in [3.8, 4) is 0 Å². The molecule has 0 fully saturated rings. The number of anilines is 1. The number of halogens is 2. The van der Waals surface area contributed by atoms with E-state index < -0.39 is 29.3 Å². The standard InChI is InChI=1S/C10H15F2N5O2S/c1-4(2)6(13)8(19)14-3-5(18)15-10-17-16-9(20-10)7(11)12/h4,6-7H,3,13H2,1-2H3,(H,14,19)(H,15,17,18)/t6-/m0/s1. The Kier molecular flexibility index (Phi) is 5.89. The van der Waals surface area contributed by atoms with Crippen LogP contribution in [0.25, 0.3) is 0 Å². The molecule has 1 rings (SSSR count). The van der Waals surface area contributed by atoms with Gasteiger partial charge in [-0.3, -0.25) is 14.9 Å². The first-order valence-electron chi connectivity index (χ1n) is 5.76. The van der Waals surface area contributed by atoms with Gasteiger partial charge in [0.15, 0.2) is 5.01 Å². The molecule has 2 amide bonds. The van der Waals surface area contributed by atoms with E-state index in [1.807, 2.05) is 0 Å². The molecule has 0 bridgehead atoms. The number of carbonyl (C=O) groups is 2. The predicted molar refractivity (Wildman–Crippen MR) is 69.3 cm³/mol. The van der Waals surface area contributed by atoms with Gasteiger partial charge in [0.25, 0.3) is 6.43 Å². The molecular formula is C10H15F2N5O2S. The zero-order chi connectivity index (χ0) is 15.3. The molecule has 1 heterocycles. The fourth-order valence-electron chi connectivity index (χ4n) is 1.12. The van der Waals surface area contributed by atoms with Crippen molar-refractivity contribution in [1.29, 1.82) is 0 Å². The minimum atomic E-state index is -2.73. The summed E-state index contributed by atoms with van der Waals surface area (Å²) in [7, 11) is 0. The number of hydrogen-bond donors (Lipinski definition) is 3. The number of carbonyl (C=O) groups excluding carboxylic acids is 2. The van der Waals surface area contributed by atoms with E-state index >= 15 is 0 Å². The number of nitrogens with two attached hydrogens (primary N) is 1. The lowest BCUT2D eigenvalue weighted by atomic mass is 10.1. The number of amides is 2. The Morgan fingerprint density at radius 2 is 2.00 bits per heavy atom. The number of hydrogen-bond acceptors (Lipinski definition) is 6. The van der Waals surface area contributed by atoms with Crippen molar-refractivity contribution in [2.75, 3.05) is 11.9 Å². The molecule has 0 spiro atoms. The summed E-state index contributed by atoms with van der Waals surface area (Å²) in [5.74, 6) is -1.11. The molecule has 0 aromatic carbocycles. The highest BCUT2D eigenvalue weighted by Crippen LogP contribution is 2.24. The molecule has 20 heavy (non-hydrogen) atoms. The number of alkyl halides is 2. The maximum atomic E-state index is 12.3. The zero-order valence-corrected chi connectivity index (χ0v) is 11.7. The molecule has 0 saturated carbocycles. The van der Waals surface area contributed by atoms with Crippen molar-refractivity contribution in [2.24, 2.45) is 11.7 Å². The summed E-state index contributed by atoms with van der Waals surface area (Å²) < 4.78 is 24.5. The molecule has 4 N–H and O–H groups in total. The lowest BCUT2D eigenvalue weighted by Gasteiger charge is -2.14. The molecule has 10 heteroatoms. The van der Waals surface area contributed by atoms with Gasteiger partial charge in [0.05, 0.1) is 12.6 Å². The van der Waals surface area contributed by atoms with Crippen LogP contribution < -0.4 is 16.4 Å². The van der Waals surface area contributed by atoms with Crippen molar-refractivity contribution in [3.63, 3.8) is 0 Å². The van der Waals surface area contributed by atoms with E-state index in [9.17, 15) is 18.4 Å². The first-order valence-corrected chi connectivity index (χ1v) is 6.57. The number of rotatable bonds is 6. The average Bonchev–Trinajstić information content (AvgIpc) is 2.83. The quantitative estimate of drug-likeness (QED) is 0.709. The van der Waals surface area contributed by atoms with E-state index in [4.69, 9.17) is 5.73 Å². The van der Waals surface area contributed by atoms with Gasteiger partial charge in [-0.2, -0.15) is 0 Å². The lowest BCUT2D eigenvalue weighted by molar-refractivity contribution is -0.125. The third kappa shape index (κ3) is 4.78. The molecule has 0 unspecified atom stereocenters. The largest absolute Gasteiger partial charge is 0.346 e. The van der Waals surface area contributed by atoms with Crippen LogP contribution in [0.2, 0.25) is 0 Å². The number of aromatic nitrogens is 2. The van der Waals surface area contributed by atoms with Gasteiger partial charge in [-0.25, -0.2) is 8.78 Å². The van der Waals surface area contributed by atoms with Crippen molar-refractivity contribution >= 4 is 28.3 Å². The predicted octanol–water partition coefficient (Wildman–Crippen LogP) is 0.514. The topological polar surface area (TPSA) is 110 Å². The van der Waals surface area contributed by atoms with Crippen LogP contribution in [-0.4, -0.2) is 34.6 Å². The van der Waals surface area contributed by atoms with E-state index in [1.165, 1.54) is 0 Å². The maximum Gasteiger partial charge on any atom is 0.291 e. The van der Waals surface area contributed by atoms with Crippen LogP contribution >= 0.6 is 11.3 Å². The second kappa shape index (κ2) is 7.20. The van der Waals surface area contributed by atoms with E-state index in [0.717, 1.165) is 0 Å². The van der Waals surface area contributed by atoms with Crippen LogP contribution in [0.5, 0.6) is 0 Å². The Morgan fingerprint density at radius 1 is 1.35 bits per heavy atom. The third-order valence-electron chi connectivity index (χ3n) is 2.32. The molecule has 1 aromatic heterocycles. The monoisotopic (exact) mass is 307 g/mol. The van der Waals surface area contributed by atoms with Crippen LogP contribution in [0.1, 0.15) is 25.3 Å². The molecule has 0 aliphatic rings. The minimum Gasteiger partial charge on any atom is -0.346 e. The third-order valence-corrected chi connectivity index (χ3v) is 3.16. The molecule has 7 nitrogen and oxygen atoms in total. The van der Waals surface area contributed by atoms with Gasteiger partial charge >= 0.3 is 0 Å². The molecule has 1 atom stereocenters. The minimum absolute atomic E-state index is 0.0484. The van der Waals surface area contributed by atoms with Gasteiger partial charge in [-0.05, 0) is 5.92 Å². The van der Waals surface area contributed by atoms with E-state index in [2.05, 4.69) is 20.8 Å². The van der Waals surface area contributed by atoms with Gasteiger partial charge < -0.3 is 11.1 Å². The molecule has 0 aliphatic heterocycles. The van der Waals surface area contributed by atoms with Crippen molar-refractivity contribution in [2.45, 2.75) is 26.3 Å². The molecule has 0 radical (unpaired) electrons. The van der Waals surface area contributed by atoms with Gasteiger partial charge in [-0.1, -0.05) is 25.2 Å². The van der Waals surface area contributed by atoms with E-state index in [-0.39, 0.29) is 17.6 Å². The SMILES string of the molecule is CC(C)[C@H](N)C(=O)NCC(=O)Nc1nnc(C(F)F)s1. The molecule has 1 aromatic rings. The summed E-state index contributed by atoms with van der Waals surface area (Å²) in [4.78, 5) is 23.0. The Labute approximate surface area is 117 Å². The average molecular weight is 307 g/mol. The van der Waals surface area contributed by atoms with E-state index in [1.54, 1.807) is 13.8 Å². The van der Waals surface area contributed by atoms with Gasteiger partial charge in [-0.15, -0.1) is 10.2 Å². The van der Waals surface area contributed by atoms with Gasteiger partial charge in [0, 0.05) is 0 Å². The Hall–Kier alpha value is -1.68. The fourth-order valence-corrected chi connectivity index (χ4v) is 1.74.